The number of rotatable bonds is 5. The van der Waals surface area contributed by atoms with Crippen LogP contribution in [0.25, 0.3) is 0 Å². The summed E-state index contributed by atoms with van der Waals surface area (Å²) in [6.45, 7) is 2.10. The lowest BCUT2D eigenvalue weighted by Crippen LogP contribution is -2.22. The van der Waals surface area contributed by atoms with Crippen LogP contribution in [0.5, 0.6) is 5.75 Å². The summed E-state index contributed by atoms with van der Waals surface area (Å²) >= 11 is 0. The summed E-state index contributed by atoms with van der Waals surface area (Å²) in [5.41, 5.74) is 2.44. The van der Waals surface area contributed by atoms with Crippen LogP contribution in [0.4, 0.5) is 0 Å². The molecule has 1 heterocycles. The van der Waals surface area contributed by atoms with E-state index in [1.54, 1.807) is 7.11 Å². The Balaban J connectivity index is 2.28. The summed E-state index contributed by atoms with van der Waals surface area (Å²) in [5.74, 6) is 1.96. The Labute approximate surface area is 114 Å². The number of aryl methyl sites for hydroxylation is 2. The van der Waals surface area contributed by atoms with Gasteiger partial charge < -0.3 is 14.6 Å². The lowest BCUT2D eigenvalue weighted by atomic mass is 10.0. The largest absolute Gasteiger partial charge is 0.496 e. The minimum Gasteiger partial charge on any atom is -0.496 e. The van der Waals surface area contributed by atoms with Crippen molar-refractivity contribution in [1.82, 2.24) is 14.9 Å². The number of aromatic nitrogens is 2. The molecule has 1 unspecified atom stereocenters. The van der Waals surface area contributed by atoms with Gasteiger partial charge in [0.2, 0.25) is 0 Å². The monoisotopic (exact) mass is 259 g/mol. The summed E-state index contributed by atoms with van der Waals surface area (Å²) in [7, 11) is 5.69. The zero-order valence-corrected chi connectivity index (χ0v) is 12.0. The molecule has 4 heteroatoms. The van der Waals surface area contributed by atoms with Crippen molar-refractivity contribution < 1.29 is 4.74 Å². The quantitative estimate of drug-likeness (QED) is 0.895. The first kappa shape index (κ1) is 13.6. The van der Waals surface area contributed by atoms with Crippen LogP contribution in [0.1, 0.15) is 23.0 Å². The van der Waals surface area contributed by atoms with Gasteiger partial charge in [-0.25, -0.2) is 4.98 Å². The summed E-state index contributed by atoms with van der Waals surface area (Å²) in [6.07, 6.45) is 4.65. The van der Waals surface area contributed by atoms with E-state index in [1.165, 1.54) is 11.1 Å². The zero-order valence-electron chi connectivity index (χ0n) is 12.0. The van der Waals surface area contributed by atoms with Crippen LogP contribution in [0, 0.1) is 6.92 Å². The highest BCUT2D eigenvalue weighted by molar-refractivity contribution is 5.37. The highest BCUT2D eigenvalue weighted by Crippen LogP contribution is 2.25. The highest BCUT2D eigenvalue weighted by atomic mass is 16.5. The molecule has 0 bridgehead atoms. The fourth-order valence-corrected chi connectivity index (χ4v) is 2.32. The van der Waals surface area contributed by atoms with Gasteiger partial charge in [0.05, 0.1) is 13.2 Å². The molecule has 2 rings (SSSR count). The maximum Gasteiger partial charge on any atom is 0.125 e. The van der Waals surface area contributed by atoms with Gasteiger partial charge in [0.15, 0.2) is 0 Å². The molecule has 2 aromatic rings. The molecule has 1 aromatic carbocycles. The fraction of sp³-hybridized carbons (Fsp3) is 0.400. The molecule has 1 N–H and O–H groups in total. The van der Waals surface area contributed by atoms with Crippen LogP contribution in [-0.2, 0) is 13.5 Å². The number of nitrogens with one attached hydrogen (secondary N) is 1. The Hall–Kier alpha value is -1.81. The summed E-state index contributed by atoms with van der Waals surface area (Å²) in [4.78, 5) is 4.42. The Kier molecular flexibility index (Phi) is 4.22. The molecule has 102 valence electrons. The van der Waals surface area contributed by atoms with Crippen molar-refractivity contribution in [3.63, 3.8) is 0 Å². The number of imidazole rings is 1. The maximum absolute atomic E-state index is 5.44. The number of likely N-dealkylation sites (N-methyl/N-ethyl adjacent to an activating group) is 1. The molecule has 0 radical (unpaired) electrons. The lowest BCUT2D eigenvalue weighted by molar-refractivity contribution is 0.405. The first-order valence-corrected chi connectivity index (χ1v) is 6.43. The Morgan fingerprint density at radius 1 is 1.42 bits per heavy atom. The van der Waals surface area contributed by atoms with E-state index in [1.807, 2.05) is 37.1 Å². The molecule has 4 nitrogen and oxygen atoms in total. The van der Waals surface area contributed by atoms with Crippen molar-refractivity contribution in [2.45, 2.75) is 19.4 Å². The number of methoxy groups -OCH3 is 1. The normalized spacial score (nSPS) is 12.4. The van der Waals surface area contributed by atoms with Crippen molar-refractivity contribution in [2.24, 2.45) is 7.05 Å². The number of nitrogens with zero attached hydrogens (tertiary/aromatic N) is 2. The molecule has 0 spiro atoms. The van der Waals surface area contributed by atoms with Crippen molar-refractivity contribution >= 4 is 0 Å². The third-order valence-corrected chi connectivity index (χ3v) is 3.38. The van der Waals surface area contributed by atoms with Gasteiger partial charge >= 0.3 is 0 Å². The van der Waals surface area contributed by atoms with Crippen LogP contribution in [-0.4, -0.2) is 23.7 Å². The van der Waals surface area contributed by atoms with Gasteiger partial charge in [0.25, 0.3) is 0 Å². The standard InChI is InChI=1S/C15H21N3O/c1-11-5-6-14(19-4)12(9-11)10-13(16-2)15-17-7-8-18(15)3/h5-9,13,16H,10H2,1-4H3. The Morgan fingerprint density at radius 2 is 2.21 bits per heavy atom. The van der Waals surface area contributed by atoms with Crippen molar-refractivity contribution in [3.8, 4) is 5.75 Å². The van der Waals surface area contributed by atoms with E-state index in [9.17, 15) is 0 Å². The molecule has 1 atom stereocenters. The molecular weight excluding hydrogens is 238 g/mol. The summed E-state index contributed by atoms with van der Waals surface area (Å²) in [5, 5.41) is 3.33. The van der Waals surface area contributed by atoms with Gasteiger partial charge in [0.1, 0.15) is 11.6 Å². The van der Waals surface area contributed by atoms with Gasteiger partial charge in [-0.1, -0.05) is 17.7 Å². The van der Waals surface area contributed by atoms with E-state index in [0.29, 0.717) is 0 Å². The maximum atomic E-state index is 5.44. The predicted molar refractivity (Wildman–Crippen MR) is 76.4 cm³/mol. The second kappa shape index (κ2) is 5.89. The molecule has 0 amide bonds. The topological polar surface area (TPSA) is 39.1 Å². The Morgan fingerprint density at radius 3 is 2.79 bits per heavy atom. The fourth-order valence-electron chi connectivity index (χ4n) is 2.32. The van der Waals surface area contributed by atoms with Crippen molar-refractivity contribution in [1.29, 1.82) is 0 Å². The smallest absolute Gasteiger partial charge is 0.125 e. The number of hydrogen-bond acceptors (Lipinski definition) is 3. The molecule has 0 saturated heterocycles. The van der Waals surface area contributed by atoms with Crippen molar-refractivity contribution in [3.05, 3.63) is 47.5 Å². The molecule has 19 heavy (non-hydrogen) atoms. The van der Waals surface area contributed by atoms with Gasteiger partial charge in [-0.05, 0) is 32.0 Å². The van der Waals surface area contributed by atoms with Crippen molar-refractivity contribution in [2.75, 3.05) is 14.2 Å². The molecular formula is C15H21N3O. The number of ether oxygens (including phenoxy) is 1. The van der Waals surface area contributed by atoms with Crippen LogP contribution in [0.15, 0.2) is 30.6 Å². The summed E-state index contributed by atoms with van der Waals surface area (Å²) < 4.78 is 7.48. The average molecular weight is 259 g/mol. The molecule has 1 aromatic heterocycles. The van der Waals surface area contributed by atoms with E-state index in [4.69, 9.17) is 4.74 Å². The van der Waals surface area contributed by atoms with Crippen LogP contribution >= 0.6 is 0 Å². The second-order valence-electron chi connectivity index (χ2n) is 4.76. The van der Waals surface area contributed by atoms with E-state index in [2.05, 4.69) is 29.4 Å². The average Bonchev–Trinajstić information content (AvgIpc) is 2.82. The lowest BCUT2D eigenvalue weighted by Gasteiger charge is -2.18. The minimum absolute atomic E-state index is 0.177. The van der Waals surface area contributed by atoms with E-state index < -0.39 is 0 Å². The number of hydrogen-bond donors (Lipinski definition) is 1. The van der Waals surface area contributed by atoms with Gasteiger partial charge in [-0.15, -0.1) is 0 Å². The minimum atomic E-state index is 0.177. The summed E-state index contributed by atoms with van der Waals surface area (Å²) in [6, 6.07) is 6.44. The van der Waals surface area contributed by atoms with E-state index in [0.717, 1.165) is 18.0 Å². The Bertz CT molecular complexity index is 548. The van der Waals surface area contributed by atoms with Crippen LogP contribution < -0.4 is 10.1 Å². The van der Waals surface area contributed by atoms with Gasteiger partial charge in [0, 0.05) is 19.4 Å². The van der Waals surface area contributed by atoms with Gasteiger partial charge in [-0.3, -0.25) is 0 Å². The molecule has 0 aliphatic heterocycles. The third-order valence-electron chi connectivity index (χ3n) is 3.38. The predicted octanol–water partition coefficient (Wildman–Crippen LogP) is 2.24. The number of benzene rings is 1. The first-order valence-electron chi connectivity index (χ1n) is 6.43. The highest BCUT2D eigenvalue weighted by Gasteiger charge is 2.16. The van der Waals surface area contributed by atoms with Gasteiger partial charge in [-0.2, -0.15) is 0 Å². The third kappa shape index (κ3) is 2.96. The van der Waals surface area contributed by atoms with E-state index >= 15 is 0 Å². The molecule has 0 aliphatic carbocycles. The molecule has 0 saturated carbocycles. The zero-order chi connectivity index (χ0) is 13.8. The van der Waals surface area contributed by atoms with Crippen LogP contribution in [0.3, 0.4) is 0 Å². The molecule has 0 fully saturated rings. The first-order chi connectivity index (χ1) is 9.15. The van der Waals surface area contributed by atoms with Crippen LogP contribution in [0.2, 0.25) is 0 Å². The van der Waals surface area contributed by atoms with E-state index in [-0.39, 0.29) is 6.04 Å². The molecule has 0 aliphatic rings. The SMILES string of the molecule is CNC(Cc1cc(C)ccc1OC)c1nccn1C. The second-order valence-corrected chi connectivity index (χ2v) is 4.76.